The first-order valence-corrected chi connectivity index (χ1v) is 6.21. The van der Waals surface area contributed by atoms with Crippen molar-refractivity contribution in [2.24, 2.45) is 0 Å². The van der Waals surface area contributed by atoms with Gasteiger partial charge in [-0.15, -0.1) is 0 Å². The number of aryl methyl sites for hydroxylation is 1. The molecular formula is C13H14N4O2. The highest BCUT2D eigenvalue weighted by atomic mass is 16.3. The molecule has 1 atom stereocenters. The van der Waals surface area contributed by atoms with Crippen LogP contribution in [-0.4, -0.2) is 38.8 Å². The minimum Gasteiger partial charge on any atom is -0.438 e. The predicted octanol–water partition coefficient (Wildman–Crippen LogP) is 1.40. The standard InChI is InChI=1S/C13H14N4O2/c1-9-2-4-15-12(16-9)10-3-5-17(7-10)13(18)11-6-14-8-19-11/h2,4,6,8,10H,3,5,7H2,1H3. The molecule has 2 aromatic heterocycles. The smallest absolute Gasteiger partial charge is 0.291 e. The SMILES string of the molecule is Cc1ccnc(C2CCN(C(=O)c3cnco3)C2)n1. The second kappa shape index (κ2) is 4.79. The van der Waals surface area contributed by atoms with Gasteiger partial charge in [-0.1, -0.05) is 0 Å². The number of hydrogen-bond acceptors (Lipinski definition) is 5. The Morgan fingerprint density at radius 3 is 3.16 bits per heavy atom. The van der Waals surface area contributed by atoms with E-state index < -0.39 is 0 Å². The van der Waals surface area contributed by atoms with Crippen molar-refractivity contribution in [3.8, 4) is 0 Å². The van der Waals surface area contributed by atoms with Gasteiger partial charge in [0.05, 0.1) is 6.20 Å². The summed E-state index contributed by atoms with van der Waals surface area (Å²) in [5.74, 6) is 1.18. The van der Waals surface area contributed by atoms with Gasteiger partial charge in [0.25, 0.3) is 5.91 Å². The minimum atomic E-state index is -0.118. The molecule has 3 rings (SSSR count). The molecule has 6 nitrogen and oxygen atoms in total. The number of amides is 1. The Morgan fingerprint density at radius 2 is 2.42 bits per heavy atom. The molecule has 1 unspecified atom stereocenters. The normalized spacial score (nSPS) is 18.8. The molecule has 0 bridgehead atoms. The Balaban J connectivity index is 1.72. The molecule has 1 amide bonds. The van der Waals surface area contributed by atoms with E-state index in [-0.39, 0.29) is 17.6 Å². The van der Waals surface area contributed by atoms with Gasteiger partial charge in [-0.05, 0) is 19.4 Å². The molecule has 6 heteroatoms. The van der Waals surface area contributed by atoms with Crippen LogP contribution in [0.25, 0.3) is 0 Å². The Labute approximate surface area is 110 Å². The van der Waals surface area contributed by atoms with E-state index in [1.54, 1.807) is 11.1 Å². The van der Waals surface area contributed by atoms with E-state index in [0.717, 1.165) is 17.9 Å². The van der Waals surface area contributed by atoms with Crippen LogP contribution in [0.15, 0.2) is 29.3 Å². The molecule has 0 spiro atoms. The maximum Gasteiger partial charge on any atom is 0.291 e. The highest BCUT2D eigenvalue weighted by Gasteiger charge is 2.30. The Kier molecular flexibility index (Phi) is 2.98. The monoisotopic (exact) mass is 258 g/mol. The van der Waals surface area contributed by atoms with E-state index in [1.807, 2.05) is 13.0 Å². The third kappa shape index (κ3) is 2.33. The Bertz CT molecular complexity index is 582. The van der Waals surface area contributed by atoms with Crippen molar-refractivity contribution < 1.29 is 9.21 Å². The quantitative estimate of drug-likeness (QED) is 0.814. The zero-order valence-corrected chi connectivity index (χ0v) is 10.6. The summed E-state index contributed by atoms with van der Waals surface area (Å²) in [5.41, 5.74) is 0.949. The lowest BCUT2D eigenvalue weighted by Gasteiger charge is -2.14. The van der Waals surface area contributed by atoms with Crippen LogP contribution in [-0.2, 0) is 0 Å². The largest absolute Gasteiger partial charge is 0.438 e. The number of hydrogen-bond donors (Lipinski definition) is 0. The van der Waals surface area contributed by atoms with E-state index in [9.17, 15) is 4.79 Å². The van der Waals surface area contributed by atoms with Crippen LogP contribution < -0.4 is 0 Å². The fourth-order valence-corrected chi connectivity index (χ4v) is 2.30. The summed E-state index contributed by atoms with van der Waals surface area (Å²) in [5, 5.41) is 0. The molecule has 19 heavy (non-hydrogen) atoms. The Morgan fingerprint density at radius 1 is 1.53 bits per heavy atom. The van der Waals surface area contributed by atoms with Crippen molar-refractivity contribution in [3.63, 3.8) is 0 Å². The van der Waals surface area contributed by atoms with Gasteiger partial charge in [-0.25, -0.2) is 15.0 Å². The predicted molar refractivity (Wildman–Crippen MR) is 66.5 cm³/mol. The third-order valence-corrected chi connectivity index (χ3v) is 3.30. The molecular weight excluding hydrogens is 244 g/mol. The Hall–Kier alpha value is -2.24. The summed E-state index contributed by atoms with van der Waals surface area (Å²) in [7, 11) is 0. The molecule has 0 N–H and O–H groups in total. The van der Waals surface area contributed by atoms with Crippen LogP contribution >= 0.6 is 0 Å². The number of aromatic nitrogens is 3. The number of likely N-dealkylation sites (tertiary alicyclic amines) is 1. The van der Waals surface area contributed by atoms with Crippen LogP contribution in [0.1, 0.15) is 34.4 Å². The van der Waals surface area contributed by atoms with Crippen molar-refractivity contribution in [2.45, 2.75) is 19.3 Å². The first kappa shape index (κ1) is 11.8. The van der Waals surface area contributed by atoms with Crippen LogP contribution in [0.5, 0.6) is 0 Å². The van der Waals surface area contributed by atoms with E-state index in [2.05, 4.69) is 15.0 Å². The molecule has 0 saturated carbocycles. The number of rotatable bonds is 2. The number of nitrogens with zero attached hydrogens (tertiary/aromatic N) is 4. The van der Waals surface area contributed by atoms with Crippen molar-refractivity contribution >= 4 is 5.91 Å². The van der Waals surface area contributed by atoms with Gasteiger partial charge in [0, 0.05) is 30.9 Å². The fraction of sp³-hybridized carbons (Fsp3) is 0.385. The first-order valence-electron chi connectivity index (χ1n) is 6.21. The zero-order chi connectivity index (χ0) is 13.2. The maximum atomic E-state index is 12.1. The van der Waals surface area contributed by atoms with Crippen molar-refractivity contribution in [3.05, 3.63) is 42.1 Å². The van der Waals surface area contributed by atoms with Crippen molar-refractivity contribution in [1.29, 1.82) is 0 Å². The van der Waals surface area contributed by atoms with Gasteiger partial charge in [0.1, 0.15) is 5.82 Å². The summed E-state index contributed by atoms with van der Waals surface area (Å²) in [6.45, 7) is 3.27. The summed E-state index contributed by atoms with van der Waals surface area (Å²) in [4.78, 5) is 26.3. The molecule has 0 aromatic carbocycles. The third-order valence-electron chi connectivity index (χ3n) is 3.30. The first-order chi connectivity index (χ1) is 9.24. The van der Waals surface area contributed by atoms with Gasteiger partial charge in [0.15, 0.2) is 6.39 Å². The molecule has 2 aromatic rings. The molecule has 0 aliphatic carbocycles. The van der Waals surface area contributed by atoms with E-state index in [1.165, 1.54) is 12.6 Å². The highest BCUT2D eigenvalue weighted by Crippen LogP contribution is 2.25. The lowest BCUT2D eigenvalue weighted by Crippen LogP contribution is -2.28. The molecule has 98 valence electrons. The summed E-state index contributed by atoms with van der Waals surface area (Å²) in [6, 6.07) is 1.87. The van der Waals surface area contributed by atoms with Crippen LogP contribution in [0.4, 0.5) is 0 Å². The molecule has 1 aliphatic heterocycles. The summed E-state index contributed by atoms with van der Waals surface area (Å²) >= 11 is 0. The number of carbonyl (C=O) groups is 1. The van der Waals surface area contributed by atoms with Crippen LogP contribution in [0, 0.1) is 6.92 Å². The van der Waals surface area contributed by atoms with Crippen molar-refractivity contribution in [2.75, 3.05) is 13.1 Å². The maximum absolute atomic E-state index is 12.1. The lowest BCUT2D eigenvalue weighted by atomic mass is 10.1. The number of carbonyl (C=O) groups excluding carboxylic acids is 1. The van der Waals surface area contributed by atoms with Crippen LogP contribution in [0.2, 0.25) is 0 Å². The molecule has 1 saturated heterocycles. The van der Waals surface area contributed by atoms with Crippen molar-refractivity contribution in [1.82, 2.24) is 19.9 Å². The second-order valence-electron chi connectivity index (χ2n) is 4.66. The van der Waals surface area contributed by atoms with E-state index in [4.69, 9.17) is 4.42 Å². The van der Waals surface area contributed by atoms with Gasteiger partial charge < -0.3 is 9.32 Å². The van der Waals surface area contributed by atoms with Gasteiger partial charge in [0.2, 0.25) is 5.76 Å². The van der Waals surface area contributed by atoms with E-state index in [0.29, 0.717) is 13.1 Å². The molecule has 1 aliphatic rings. The lowest BCUT2D eigenvalue weighted by molar-refractivity contribution is 0.0759. The summed E-state index contributed by atoms with van der Waals surface area (Å²) < 4.78 is 5.03. The van der Waals surface area contributed by atoms with Crippen LogP contribution in [0.3, 0.4) is 0 Å². The fourth-order valence-electron chi connectivity index (χ4n) is 2.30. The minimum absolute atomic E-state index is 0.118. The average molecular weight is 258 g/mol. The number of oxazole rings is 1. The summed E-state index contributed by atoms with van der Waals surface area (Å²) in [6.07, 6.45) is 5.35. The van der Waals surface area contributed by atoms with Gasteiger partial charge in [-0.3, -0.25) is 4.79 Å². The second-order valence-corrected chi connectivity index (χ2v) is 4.66. The van der Waals surface area contributed by atoms with Gasteiger partial charge >= 0.3 is 0 Å². The highest BCUT2D eigenvalue weighted by molar-refractivity contribution is 5.91. The molecule has 3 heterocycles. The zero-order valence-electron chi connectivity index (χ0n) is 10.6. The molecule has 1 fully saturated rings. The molecule has 0 radical (unpaired) electrons. The topological polar surface area (TPSA) is 72.1 Å². The van der Waals surface area contributed by atoms with Gasteiger partial charge in [-0.2, -0.15) is 0 Å². The van der Waals surface area contributed by atoms with E-state index >= 15 is 0 Å². The average Bonchev–Trinajstić information content (AvgIpc) is 3.10.